The van der Waals surface area contributed by atoms with Crippen molar-refractivity contribution in [2.75, 3.05) is 31.2 Å². The molecule has 0 spiro atoms. The molecular formula is C27H19N4O5S-. The summed E-state index contributed by atoms with van der Waals surface area (Å²) in [7, 11) is 0. The number of thiophene rings is 1. The summed E-state index contributed by atoms with van der Waals surface area (Å²) >= 11 is 0.894. The number of nitrogens with zero attached hydrogens (tertiary/aromatic N) is 4. The molecular weight excluding hydrogens is 492 g/mol. The topological polar surface area (TPSA) is 135 Å². The van der Waals surface area contributed by atoms with Crippen LogP contribution >= 0.6 is 11.3 Å². The fourth-order valence-corrected chi connectivity index (χ4v) is 4.92. The monoisotopic (exact) mass is 511 g/mol. The lowest BCUT2D eigenvalue weighted by molar-refractivity contribution is -0.254. The number of morpholine rings is 1. The lowest BCUT2D eigenvalue weighted by Crippen LogP contribution is -2.36. The summed E-state index contributed by atoms with van der Waals surface area (Å²) in [5.41, 5.74) is 4.12. The van der Waals surface area contributed by atoms with Crippen LogP contribution in [0.25, 0.3) is 22.4 Å². The minimum Gasteiger partial charge on any atom is -0.544 e. The number of hydrogen-bond donors (Lipinski definition) is 0. The minimum atomic E-state index is -1.37. The Balaban J connectivity index is 1.51. The summed E-state index contributed by atoms with van der Waals surface area (Å²) in [4.78, 5) is 18.4. The lowest BCUT2D eigenvalue weighted by atomic mass is 10.0. The van der Waals surface area contributed by atoms with Crippen LogP contribution in [-0.4, -0.2) is 37.3 Å². The molecule has 0 unspecified atom stereocenters. The third-order valence-corrected chi connectivity index (χ3v) is 7.03. The minimum absolute atomic E-state index is 0.0701. The largest absolute Gasteiger partial charge is 0.544 e. The highest BCUT2D eigenvalue weighted by Gasteiger charge is 2.19. The predicted molar refractivity (Wildman–Crippen MR) is 133 cm³/mol. The zero-order valence-corrected chi connectivity index (χ0v) is 20.3. The Morgan fingerprint density at radius 1 is 1.11 bits per heavy atom. The van der Waals surface area contributed by atoms with Crippen molar-refractivity contribution in [1.82, 2.24) is 4.98 Å². The van der Waals surface area contributed by atoms with Gasteiger partial charge in [0.25, 0.3) is 0 Å². The van der Waals surface area contributed by atoms with Crippen LogP contribution in [0.15, 0.2) is 59.4 Å². The second kappa shape index (κ2) is 10.5. The molecule has 184 valence electrons. The molecule has 0 atom stereocenters. The van der Waals surface area contributed by atoms with Crippen molar-refractivity contribution in [2.24, 2.45) is 0 Å². The van der Waals surface area contributed by atoms with Gasteiger partial charge < -0.3 is 28.7 Å². The van der Waals surface area contributed by atoms with Crippen LogP contribution < -0.4 is 14.7 Å². The third-order valence-electron chi connectivity index (χ3n) is 5.94. The molecule has 9 nitrogen and oxygen atoms in total. The van der Waals surface area contributed by atoms with Gasteiger partial charge in [-0.15, -0.1) is 11.3 Å². The van der Waals surface area contributed by atoms with Crippen LogP contribution in [-0.2, 0) is 11.3 Å². The van der Waals surface area contributed by atoms with E-state index in [4.69, 9.17) is 13.9 Å². The molecule has 5 rings (SSSR count). The Bertz CT molecular complexity index is 1510. The van der Waals surface area contributed by atoms with Crippen molar-refractivity contribution in [3.63, 3.8) is 0 Å². The first-order chi connectivity index (χ1) is 18.1. The van der Waals surface area contributed by atoms with Gasteiger partial charge in [-0.25, -0.2) is 4.98 Å². The highest BCUT2D eigenvalue weighted by atomic mass is 32.1. The molecule has 0 radical (unpaired) electrons. The molecule has 0 bridgehead atoms. The first-order valence-electron chi connectivity index (χ1n) is 11.3. The Labute approximate surface area is 216 Å². The molecule has 4 aromatic rings. The number of pyridine rings is 1. The van der Waals surface area contributed by atoms with Gasteiger partial charge in [0.2, 0.25) is 5.88 Å². The van der Waals surface area contributed by atoms with Gasteiger partial charge in [-0.1, -0.05) is 12.1 Å². The summed E-state index contributed by atoms with van der Waals surface area (Å²) < 4.78 is 16.6. The standard InChI is InChI=1S/C27H20N4O5S/c28-13-19-11-24(27(32)33)37-25(19)16-36-26-22(14-29)21(18-5-8-35-15-18)12-23(30-26)17-1-3-20(4-2-17)31-6-9-34-10-7-31/h1-5,8,11-12,15H,6-7,9-10,16H2,(H,32,33)/p-1. The van der Waals surface area contributed by atoms with E-state index in [0.29, 0.717) is 34.9 Å². The van der Waals surface area contributed by atoms with E-state index in [1.807, 2.05) is 30.3 Å². The van der Waals surface area contributed by atoms with Gasteiger partial charge in [-0.2, -0.15) is 10.5 Å². The summed E-state index contributed by atoms with van der Waals surface area (Å²) in [6.45, 7) is 2.90. The molecule has 37 heavy (non-hydrogen) atoms. The number of hydrogen-bond acceptors (Lipinski definition) is 10. The molecule has 1 aromatic carbocycles. The SMILES string of the molecule is N#Cc1cc(C(=O)[O-])sc1COc1nc(-c2ccc(N3CCOCC3)cc2)cc(-c2ccoc2)c1C#N. The molecule has 1 fully saturated rings. The third kappa shape index (κ3) is 5.02. The van der Waals surface area contributed by atoms with E-state index in [0.717, 1.165) is 35.7 Å². The van der Waals surface area contributed by atoms with E-state index in [1.54, 1.807) is 12.1 Å². The van der Waals surface area contributed by atoms with Crippen LogP contribution in [0.1, 0.15) is 25.7 Å². The summed E-state index contributed by atoms with van der Waals surface area (Å²) in [5.74, 6) is -1.30. The second-order valence-corrected chi connectivity index (χ2v) is 9.28. The smallest absolute Gasteiger partial charge is 0.233 e. The average molecular weight is 512 g/mol. The number of carboxylic acid groups (broad SMARTS) is 1. The molecule has 1 saturated heterocycles. The number of aromatic carboxylic acids is 1. The molecule has 1 aliphatic heterocycles. The van der Waals surface area contributed by atoms with E-state index < -0.39 is 5.97 Å². The van der Waals surface area contributed by atoms with Gasteiger partial charge in [-0.05, 0) is 30.3 Å². The van der Waals surface area contributed by atoms with Gasteiger partial charge in [0, 0.05) is 35.5 Å². The fraction of sp³-hybridized carbons (Fsp3) is 0.185. The Hall–Kier alpha value is -4.64. The molecule has 0 aliphatic carbocycles. The maximum Gasteiger partial charge on any atom is 0.233 e. The van der Waals surface area contributed by atoms with E-state index >= 15 is 0 Å². The highest BCUT2D eigenvalue weighted by molar-refractivity contribution is 7.14. The number of nitriles is 2. The van der Waals surface area contributed by atoms with Crippen LogP contribution in [0, 0.1) is 22.7 Å². The number of benzene rings is 1. The van der Waals surface area contributed by atoms with Gasteiger partial charge in [0.1, 0.15) is 24.3 Å². The first kappa shape index (κ1) is 24.1. The van der Waals surface area contributed by atoms with Crippen molar-refractivity contribution in [1.29, 1.82) is 10.5 Å². The zero-order chi connectivity index (χ0) is 25.8. The molecule has 0 N–H and O–H groups in total. The molecule has 3 aromatic heterocycles. The van der Waals surface area contributed by atoms with Crippen LogP contribution in [0.4, 0.5) is 5.69 Å². The lowest BCUT2D eigenvalue weighted by Gasteiger charge is -2.28. The number of rotatable bonds is 7. The number of carbonyl (C=O) groups excluding carboxylic acids is 1. The predicted octanol–water partition coefficient (Wildman–Crippen LogP) is 3.59. The summed E-state index contributed by atoms with van der Waals surface area (Å²) in [5, 5.41) is 30.6. The second-order valence-electron chi connectivity index (χ2n) is 8.14. The van der Waals surface area contributed by atoms with Crippen molar-refractivity contribution in [3.8, 4) is 40.4 Å². The Kier molecular flexibility index (Phi) is 6.86. The molecule has 0 amide bonds. The van der Waals surface area contributed by atoms with Gasteiger partial charge in [-0.3, -0.25) is 0 Å². The Morgan fingerprint density at radius 2 is 1.89 bits per heavy atom. The number of carbonyl (C=O) groups is 1. The molecule has 1 aliphatic rings. The van der Waals surface area contributed by atoms with Crippen molar-refractivity contribution in [2.45, 2.75) is 6.61 Å². The summed E-state index contributed by atoms with van der Waals surface area (Å²) in [6.07, 6.45) is 3.05. The molecule has 0 saturated carbocycles. The summed E-state index contributed by atoms with van der Waals surface area (Å²) in [6, 6.07) is 16.9. The number of anilines is 1. The van der Waals surface area contributed by atoms with Gasteiger partial charge >= 0.3 is 0 Å². The van der Waals surface area contributed by atoms with E-state index in [2.05, 4.69) is 16.0 Å². The molecule has 10 heteroatoms. The van der Waals surface area contributed by atoms with Crippen LogP contribution in [0.2, 0.25) is 0 Å². The Morgan fingerprint density at radius 3 is 2.54 bits per heavy atom. The van der Waals surface area contributed by atoms with Gasteiger partial charge in [0.15, 0.2) is 0 Å². The number of aromatic nitrogens is 1. The van der Waals surface area contributed by atoms with Crippen LogP contribution in [0.5, 0.6) is 5.88 Å². The number of furan rings is 1. The van der Waals surface area contributed by atoms with E-state index in [-0.39, 0.29) is 28.5 Å². The average Bonchev–Trinajstić information content (AvgIpc) is 3.62. The van der Waals surface area contributed by atoms with Crippen molar-refractivity contribution < 1.29 is 23.8 Å². The normalized spacial score (nSPS) is 13.1. The van der Waals surface area contributed by atoms with Gasteiger partial charge in [0.05, 0.1) is 52.7 Å². The van der Waals surface area contributed by atoms with Crippen molar-refractivity contribution in [3.05, 3.63) is 75.9 Å². The fourth-order valence-electron chi connectivity index (χ4n) is 4.06. The number of carboxylic acids is 1. The maximum atomic E-state index is 11.2. The van der Waals surface area contributed by atoms with E-state index in [9.17, 15) is 20.4 Å². The highest BCUT2D eigenvalue weighted by Crippen LogP contribution is 2.35. The molecule has 4 heterocycles. The zero-order valence-electron chi connectivity index (χ0n) is 19.5. The first-order valence-corrected chi connectivity index (χ1v) is 12.2. The van der Waals surface area contributed by atoms with E-state index in [1.165, 1.54) is 18.6 Å². The quantitative estimate of drug-likeness (QED) is 0.365. The van der Waals surface area contributed by atoms with Crippen molar-refractivity contribution >= 4 is 23.0 Å². The van der Waals surface area contributed by atoms with Crippen LogP contribution in [0.3, 0.4) is 0 Å². The maximum absolute atomic E-state index is 11.2. The number of ether oxygens (including phenoxy) is 2.